The van der Waals surface area contributed by atoms with Crippen LogP contribution in [0.5, 0.6) is 5.75 Å². The van der Waals surface area contributed by atoms with Gasteiger partial charge in [-0.05, 0) is 31.0 Å². The maximum absolute atomic E-state index is 9.22. The summed E-state index contributed by atoms with van der Waals surface area (Å²) in [6, 6.07) is 7.10. The Morgan fingerprint density at radius 2 is 2.17 bits per heavy atom. The third kappa shape index (κ3) is 1.77. The van der Waals surface area contributed by atoms with Crippen molar-refractivity contribution in [3.8, 4) is 5.75 Å². The molecule has 2 nitrogen and oxygen atoms in total. The molecule has 1 unspecified atom stereocenters. The first kappa shape index (κ1) is 9.07. The van der Waals surface area contributed by atoms with Crippen molar-refractivity contribution >= 4 is 0 Å². The van der Waals surface area contributed by atoms with Crippen molar-refractivity contribution in [3.63, 3.8) is 0 Å². The summed E-state index contributed by atoms with van der Waals surface area (Å²) in [5.74, 6) is 0.276. The normalized spacial score (nSPS) is 15.6. The molecule has 0 saturated carbocycles. The van der Waals surface area contributed by atoms with E-state index in [2.05, 4.69) is 0 Å². The maximum atomic E-state index is 9.22. The average Bonchev–Trinajstić information content (AvgIpc) is 2.05. The molecule has 0 amide bonds. The van der Waals surface area contributed by atoms with Crippen LogP contribution in [0.15, 0.2) is 24.3 Å². The Kier molecular flexibility index (Phi) is 2.38. The lowest BCUT2D eigenvalue weighted by Gasteiger charge is -2.23. The van der Waals surface area contributed by atoms with Gasteiger partial charge in [-0.2, -0.15) is 0 Å². The number of aromatic hydroxyl groups is 1. The minimum atomic E-state index is -0.335. The second-order valence-corrected chi connectivity index (χ2v) is 3.32. The Morgan fingerprint density at radius 3 is 2.67 bits per heavy atom. The van der Waals surface area contributed by atoms with E-state index in [9.17, 15) is 5.11 Å². The van der Waals surface area contributed by atoms with Gasteiger partial charge in [-0.15, -0.1) is 0 Å². The van der Waals surface area contributed by atoms with Gasteiger partial charge in [0.2, 0.25) is 0 Å². The highest BCUT2D eigenvalue weighted by Gasteiger charge is 2.18. The molecule has 0 aliphatic heterocycles. The van der Waals surface area contributed by atoms with Crippen molar-refractivity contribution in [2.45, 2.75) is 25.8 Å². The van der Waals surface area contributed by atoms with Crippen molar-refractivity contribution < 1.29 is 5.11 Å². The zero-order valence-corrected chi connectivity index (χ0v) is 7.54. The molecule has 66 valence electrons. The smallest absolute Gasteiger partial charge is 0.115 e. The van der Waals surface area contributed by atoms with Gasteiger partial charge in [0.05, 0.1) is 0 Å². The van der Waals surface area contributed by atoms with Gasteiger partial charge < -0.3 is 10.8 Å². The van der Waals surface area contributed by atoms with Crippen LogP contribution in [0.3, 0.4) is 0 Å². The van der Waals surface area contributed by atoms with Crippen LogP contribution < -0.4 is 5.73 Å². The summed E-state index contributed by atoms with van der Waals surface area (Å²) in [6.45, 7) is 3.99. The largest absolute Gasteiger partial charge is 0.508 e. The van der Waals surface area contributed by atoms with Crippen molar-refractivity contribution in [2.75, 3.05) is 0 Å². The molecule has 0 radical (unpaired) electrons. The summed E-state index contributed by atoms with van der Waals surface area (Å²) in [5.41, 5.74) is 6.64. The second-order valence-electron chi connectivity index (χ2n) is 3.32. The van der Waals surface area contributed by atoms with E-state index in [4.69, 9.17) is 5.73 Å². The van der Waals surface area contributed by atoms with E-state index >= 15 is 0 Å². The predicted octanol–water partition coefficient (Wildman–Crippen LogP) is 1.98. The molecule has 0 fully saturated rings. The first-order valence-electron chi connectivity index (χ1n) is 4.14. The lowest BCUT2D eigenvalue weighted by molar-refractivity contribution is 0.455. The van der Waals surface area contributed by atoms with Crippen molar-refractivity contribution in [1.29, 1.82) is 0 Å². The predicted molar refractivity (Wildman–Crippen MR) is 49.9 cm³/mol. The fourth-order valence-electron chi connectivity index (χ4n) is 1.07. The minimum Gasteiger partial charge on any atom is -0.508 e. The zero-order valence-electron chi connectivity index (χ0n) is 7.54. The van der Waals surface area contributed by atoms with Gasteiger partial charge >= 0.3 is 0 Å². The molecule has 0 aliphatic carbocycles. The minimum absolute atomic E-state index is 0.276. The number of rotatable bonds is 2. The van der Waals surface area contributed by atoms with Crippen LogP contribution in [-0.2, 0) is 5.54 Å². The highest BCUT2D eigenvalue weighted by molar-refractivity contribution is 5.31. The molecule has 1 rings (SSSR count). The van der Waals surface area contributed by atoms with Crippen LogP contribution in [0.2, 0.25) is 0 Å². The second kappa shape index (κ2) is 3.15. The van der Waals surface area contributed by atoms with Gasteiger partial charge in [0.1, 0.15) is 5.75 Å². The number of benzene rings is 1. The SMILES string of the molecule is CCC(C)(N)c1cccc(O)c1. The molecule has 3 N–H and O–H groups in total. The zero-order chi connectivity index (χ0) is 9.19. The summed E-state index contributed by atoms with van der Waals surface area (Å²) in [4.78, 5) is 0. The number of hydrogen-bond acceptors (Lipinski definition) is 2. The van der Waals surface area contributed by atoms with E-state index < -0.39 is 0 Å². The first-order chi connectivity index (χ1) is 5.56. The molecular weight excluding hydrogens is 150 g/mol. The van der Waals surface area contributed by atoms with E-state index in [1.54, 1.807) is 12.1 Å². The summed E-state index contributed by atoms with van der Waals surface area (Å²) in [7, 11) is 0. The van der Waals surface area contributed by atoms with Gasteiger partial charge in [-0.3, -0.25) is 0 Å². The Labute approximate surface area is 73.0 Å². The van der Waals surface area contributed by atoms with E-state index in [1.165, 1.54) is 0 Å². The quantitative estimate of drug-likeness (QED) is 0.703. The molecule has 0 heterocycles. The molecule has 0 saturated heterocycles. The van der Waals surface area contributed by atoms with Crippen molar-refractivity contribution in [2.24, 2.45) is 5.73 Å². The number of phenols is 1. The van der Waals surface area contributed by atoms with Crippen LogP contribution in [0.1, 0.15) is 25.8 Å². The summed E-state index contributed by atoms with van der Waals surface area (Å²) >= 11 is 0. The monoisotopic (exact) mass is 165 g/mol. The lowest BCUT2D eigenvalue weighted by Crippen LogP contribution is -2.31. The molecule has 1 aromatic rings. The molecule has 0 bridgehead atoms. The van der Waals surface area contributed by atoms with Crippen LogP contribution in [0.25, 0.3) is 0 Å². The van der Waals surface area contributed by atoms with Gasteiger partial charge in [-0.25, -0.2) is 0 Å². The molecule has 0 aromatic heterocycles. The number of hydrogen-bond donors (Lipinski definition) is 2. The van der Waals surface area contributed by atoms with Crippen molar-refractivity contribution in [1.82, 2.24) is 0 Å². The highest BCUT2D eigenvalue weighted by Crippen LogP contribution is 2.23. The summed E-state index contributed by atoms with van der Waals surface area (Å²) in [5, 5.41) is 9.22. The Morgan fingerprint density at radius 1 is 1.50 bits per heavy atom. The molecule has 0 spiro atoms. The molecule has 0 aliphatic rings. The third-order valence-corrected chi connectivity index (χ3v) is 2.24. The maximum Gasteiger partial charge on any atom is 0.115 e. The Bertz CT molecular complexity index is 268. The summed E-state index contributed by atoms with van der Waals surface area (Å²) in [6.07, 6.45) is 0.858. The number of phenolic OH excluding ortho intramolecular Hbond substituents is 1. The van der Waals surface area contributed by atoms with Gasteiger partial charge in [0.25, 0.3) is 0 Å². The van der Waals surface area contributed by atoms with E-state index in [0.717, 1.165) is 12.0 Å². The number of nitrogens with two attached hydrogens (primary N) is 1. The molecule has 1 atom stereocenters. The molecule has 12 heavy (non-hydrogen) atoms. The van der Waals surface area contributed by atoms with Gasteiger partial charge in [-0.1, -0.05) is 19.1 Å². The fourth-order valence-corrected chi connectivity index (χ4v) is 1.07. The standard InChI is InChI=1S/C10H15NO/c1-3-10(2,11)8-5-4-6-9(12)7-8/h4-7,12H,3,11H2,1-2H3. The summed E-state index contributed by atoms with van der Waals surface area (Å²) < 4.78 is 0. The average molecular weight is 165 g/mol. The topological polar surface area (TPSA) is 46.2 Å². The third-order valence-electron chi connectivity index (χ3n) is 2.24. The fraction of sp³-hybridized carbons (Fsp3) is 0.400. The Balaban J connectivity index is 3.03. The first-order valence-corrected chi connectivity index (χ1v) is 4.14. The van der Waals surface area contributed by atoms with Gasteiger partial charge in [0.15, 0.2) is 0 Å². The van der Waals surface area contributed by atoms with Crippen LogP contribution >= 0.6 is 0 Å². The van der Waals surface area contributed by atoms with E-state index in [0.29, 0.717) is 0 Å². The Hall–Kier alpha value is -1.02. The van der Waals surface area contributed by atoms with Crippen LogP contribution in [0.4, 0.5) is 0 Å². The lowest BCUT2D eigenvalue weighted by atomic mass is 9.91. The molecular formula is C10H15NO. The van der Waals surface area contributed by atoms with Gasteiger partial charge in [0, 0.05) is 5.54 Å². The molecule has 1 aromatic carbocycles. The molecule has 2 heteroatoms. The van der Waals surface area contributed by atoms with E-state index in [1.807, 2.05) is 26.0 Å². The van der Waals surface area contributed by atoms with Crippen LogP contribution in [-0.4, -0.2) is 5.11 Å². The van der Waals surface area contributed by atoms with E-state index in [-0.39, 0.29) is 11.3 Å². The highest BCUT2D eigenvalue weighted by atomic mass is 16.3. The van der Waals surface area contributed by atoms with Crippen molar-refractivity contribution in [3.05, 3.63) is 29.8 Å². The van der Waals surface area contributed by atoms with Crippen LogP contribution in [0, 0.1) is 0 Å².